The van der Waals surface area contributed by atoms with Crippen LogP contribution in [-0.2, 0) is 16.0 Å². The molecule has 7 nitrogen and oxygen atoms in total. The zero-order valence-corrected chi connectivity index (χ0v) is 18.4. The molecule has 0 bridgehead atoms. The van der Waals surface area contributed by atoms with E-state index in [2.05, 4.69) is 69.0 Å². The lowest BCUT2D eigenvalue weighted by Gasteiger charge is -2.18. The molecular formula is C25H29N5O2. The number of nitrogens with one attached hydrogen (secondary N) is 2. The van der Waals surface area contributed by atoms with Crippen LogP contribution in [-0.4, -0.2) is 61.6 Å². The maximum absolute atomic E-state index is 6.10. The highest BCUT2D eigenvalue weighted by Crippen LogP contribution is 2.29. The van der Waals surface area contributed by atoms with E-state index >= 15 is 0 Å². The Morgan fingerprint density at radius 1 is 0.906 bits per heavy atom. The van der Waals surface area contributed by atoms with Gasteiger partial charge in [0.2, 0.25) is 5.95 Å². The second-order valence-corrected chi connectivity index (χ2v) is 8.53. The zero-order valence-electron chi connectivity index (χ0n) is 18.4. The molecule has 2 aliphatic heterocycles. The highest BCUT2D eigenvalue weighted by Gasteiger charge is 2.47. The van der Waals surface area contributed by atoms with Crippen molar-refractivity contribution >= 4 is 11.6 Å². The second kappa shape index (κ2) is 9.24. The first kappa shape index (κ1) is 20.9. The van der Waals surface area contributed by atoms with Crippen LogP contribution < -0.4 is 15.5 Å². The van der Waals surface area contributed by atoms with Crippen molar-refractivity contribution in [2.75, 3.05) is 37.5 Å². The third-order valence-electron chi connectivity index (χ3n) is 6.11. The summed E-state index contributed by atoms with van der Waals surface area (Å²) in [7, 11) is 4.07. The van der Waals surface area contributed by atoms with E-state index in [-0.39, 0.29) is 24.3 Å². The van der Waals surface area contributed by atoms with Gasteiger partial charge in [0.1, 0.15) is 12.2 Å². The van der Waals surface area contributed by atoms with Gasteiger partial charge in [0.05, 0.1) is 31.0 Å². The van der Waals surface area contributed by atoms with E-state index in [1.165, 1.54) is 5.56 Å². The smallest absolute Gasteiger partial charge is 0.223 e. The summed E-state index contributed by atoms with van der Waals surface area (Å²) < 4.78 is 12.2. The van der Waals surface area contributed by atoms with Crippen LogP contribution in [0.3, 0.4) is 0 Å². The Morgan fingerprint density at radius 2 is 1.62 bits per heavy atom. The largest absolute Gasteiger partial charge is 0.378 e. The summed E-state index contributed by atoms with van der Waals surface area (Å²) in [5, 5.41) is 7.02. The molecule has 7 heteroatoms. The van der Waals surface area contributed by atoms with Gasteiger partial charge in [-0.3, -0.25) is 0 Å². The summed E-state index contributed by atoms with van der Waals surface area (Å²) in [6, 6.07) is 20.9. The monoisotopic (exact) mass is 431 g/mol. The van der Waals surface area contributed by atoms with E-state index < -0.39 is 0 Å². The fourth-order valence-electron chi connectivity index (χ4n) is 4.33. The van der Waals surface area contributed by atoms with Gasteiger partial charge in [0, 0.05) is 38.1 Å². The SMILES string of the molecule is CN(C)c1ccc(-c2ccnc(N[C@@H]3CO[C@@H]4[C@@H]3OC[C@@H]4NCc3ccccc3)n2)cc1. The minimum absolute atomic E-state index is 0.0186. The van der Waals surface area contributed by atoms with Crippen molar-refractivity contribution in [2.24, 2.45) is 0 Å². The van der Waals surface area contributed by atoms with Gasteiger partial charge in [0.15, 0.2) is 0 Å². The lowest BCUT2D eigenvalue weighted by molar-refractivity contribution is 0.0675. The summed E-state index contributed by atoms with van der Waals surface area (Å²) in [6.07, 6.45) is 1.80. The van der Waals surface area contributed by atoms with Gasteiger partial charge in [-0.15, -0.1) is 0 Å². The molecular weight excluding hydrogens is 402 g/mol. The fraction of sp³-hybridized carbons (Fsp3) is 0.360. The van der Waals surface area contributed by atoms with Crippen molar-refractivity contribution in [2.45, 2.75) is 30.8 Å². The molecule has 3 aromatic rings. The summed E-state index contributed by atoms with van der Waals surface area (Å²) in [5.41, 5.74) is 4.36. The van der Waals surface area contributed by atoms with Gasteiger partial charge >= 0.3 is 0 Å². The lowest BCUT2D eigenvalue weighted by atomic mass is 10.1. The average Bonchev–Trinajstić information content (AvgIpc) is 3.42. The molecule has 0 unspecified atom stereocenters. The number of benzene rings is 2. The van der Waals surface area contributed by atoms with Gasteiger partial charge < -0.3 is 25.0 Å². The van der Waals surface area contributed by atoms with Crippen molar-refractivity contribution in [3.05, 3.63) is 72.4 Å². The molecule has 2 saturated heterocycles. The molecule has 0 spiro atoms. The van der Waals surface area contributed by atoms with Crippen molar-refractivity contribution in [3.8, 4) is 11.3 Å². The van der Waals surface area contributed by atoms with E-state index in [1.54, 1.807) is 6.20 Å². The van der Waals surface area contributed by atoms with Crippen LogP contribution in [0.4, 0.5) is 11.6 Å². The molecule has 2 N–H and O–H groups in total. The Kier molecular flexibility index (Phi) is 6.03. The van der Waals surface area contributed by atoms with Crippen molar-refractivity contribution in [1.29, 1.82) is 0 Å². The number of aromatic nitrogens is 2. The van der Waals surface area contributed by atoms with Gasteiger partial charge in [-0.25, -0.2) is 9.97 Å². The van der Waals surface area contributed by atoms with Crippen LogP contribution in [0.1, 0.15) is 5.56 Å². The molecule has 0 saturated carbocycles. The number of rotatable bonds is 7. The lowest BCUT2D eigenvalue weighted by Crippen LogP contribution is -2.41. The molecule has 2 aromatic carbocycles. The summed E-state index contributed by atoms with van der Waals surface area (Å²) >= 11 is 0. The van der Waals surface area contributed by atoms with Crippen molar-refractivity contribution in [3.63, 3.8) is 0 Å². The van der Waals surface area contributed by atoms with Crippen LogP contribution in [0.15, 0.2) is 66.9 Å². The third-order valence-corrected chi connectivity index (χ3v) is 6.11. The first-order valence-electron chi connectivity index (χ1n) is 11.1. The minimum atomic E-state index is -0.0186. The van der Waals surface area contributed by atoms with Gasteiger partial charge in [0.25, 0.3) is 0 Å². The van der Waals surface area contributed by atoms with Crippen LogP contribution in [0.25, 0.3) is 11.3 Å². The maximum Gasteiger partial charge on any atom is 0.223 e. The molecule has 0 radical (unpaired) electrons. The molecule has 0 amide bonds. The topological polar surface area (TPSA) is 71.5 Å². The standard InChI is InChI=1S/C25H29N5O2/c1-30(2)19-10-8-18(9-11-19)20-12-13-26-25(28-20)29-22-16-32-23-21(15-31-24(22)23)27-14-17-6-4-3-5-7-17/h3-13,21-24,27H,14-16H2,1-2H3,(H,26,28,29)/t21-,22+,23-,24+/m0/s1. The zero-order chi connectivity index (χ0) is 21.9. The molecule has 32 heavy (non-hydrogen) atoms. The summed E-state index contributed by atoms with van der Waals surface area (Å²) in [5.74, 6) is 0.595. The van der Waals surface area contributed by atoms with Crippen molar-refractivity contribution < 1.29 is 9.47 Å². The maximum atomic E-state index is 6.10. The van der Waals surface area contributed by atoms with E-state index in [9.17, 15) is 0 Å². The molecule has 2 aliphatic rings. The normalized spacial score (nSPS) is 24.3. The van der Waals surface area contributed by atoms with E-state index in [0.717, 1.165) is 23.5 Å². The Hall–Kier alpha value is -3.00. The minimum Gasteiger partial charge on any atom is -0.378 e. The number of fused-ring (bicyclic) bond motifs is 1. The summed E-state index contributed by atoms with van der Waals surface area (Å²) in [6.45, 7) is 2.01. The van der Waals surface area contributed by atoms with Crippen LogP contribution in [0.5, 0.6) is 0 Å². The Labute approximate surface area is 188 Å². The number of nitrogens with zero attached hydrogens (tertiary/aromatic N) is 3. The Morgan fingerprint density at radius 3 is 2.38 bits per heavy atom. The number of ether oxygens (including phenoxy) is 2. The predicted molar refractivity (Wildman–Crippen MR) is 126 cm³/mol. The predicted octanol–water partition coefficient (Wildman–Crippen LogP) is 2.95. The first-order valence-corrected chi connectivity index (χ1v) is 11.1. The number of hydrogen-bond donors (Lipinski definition) is 2. The third kappa shape index (κ3) is 4.46. The highest BCUT2D eigenvalue weighted by atomic mass is 16.6. The van der Waals surface area contributed by atoms with E-state index in [4.69, 9.17) is 14.5 Å². The molecule has 166 valence electrons. The van der Waals surface area contributed by atoms with Gasteiger partial charge in [-0.2, -0.15) is 0 Å². The Bertz CT molecular complexity index is 1030. The average molecular weight is 432 g/mol. The van der Waals surface area contributed by atoms with Crippen LogP contribution in [0, 0.1) is 0 Å². The Balaban J connectivity index is 1.21. The number of anilines is 2. The van der Waals surface area contributed by atoms with Crippen LogP contribution >= 0.6 is 0 Å². The second-order valence-electron chi connectivity index (χ2n) is 8.53. The molecule has 1 aromatic heterocycles. The van der Waals surface area contributed by atoms with Crippen molar-refractivity contribution in [1.82, 2.24) is 15.3 Å². The van der Waals surface area contributed by atoms with Crippen LogP contribution in [0.2, 0.25) is 0 Å². The molecule has 0 aliphatic carbocycles. The fourth-order valence-corrected chi connectivity index (χ4v) is 4.33. The molecule has 5 rings (SSSR count). The van der Waals surface area contributed by atoms with E-state index in [1.807, 2.05) is 26.2 Å². The molecule has 2 fully saturated rings. The van der Waals surface area contributed by atoms with Gasteiger partial charge in [-0.1, -0.05) is 42.5 Å². The van der Waals surface area contributed by atoms with E-state index in [0.29, 0.717) is 19.2 Å². The van der Waals surface area contributed by atoms with Gasteiger partial charge in [-0.05, 0) is 23.8 Å². The highest BCUT2D eigenvalue weighted by molar-refractivity contribution is 5.63. The molecule has 4 atom stereocenters. The summed E-state index contributed by atoms with van der Waals surface area (Å²) in [4.78, 5) is 11.2. The number of hydrogen-bond acceptors (Lipinski definition) is 7. The first-order chi connectivity index (χ1) is 15.7. The quantitative estimate of drug-likeness (QED) is 0.596. The molecule has 3 heterocycles.